The minimum Gasteiger partial charge on any atom is -0.480 e. The number of carboxylic acid groups (broad SMARTS) is 1. The molecular weight excluding hydrogens is 256 g/mol. The van der Waals surface area contributed by atoms with Crippen molar-refractivity contribution >= 4 is 17.6 Å². The maximum absolute atomic E-state index is 12.5. The summed E-state index contributed by atoms with van der Waals surface area (Å²) < 4.78 is 0. The van der Waals surface area contributed by atoms with Crippen LogP contribution in [0.25, 0.3) is 0 Å². The third-order valence-electron chi connectivity index (χ3n) is 3.68. The van der Waals surface area contributed by atoms with Crippen LogP contribution in [0.2, 0.25) is 0 Å². The summed E-state index contributed by atoms with van der Waals surface area (Å²) in [6, 6.07) is 5.82. The quantitative estimate of drug-likeness (QED) is 0.854. The van der Waals surface area contributed by atoms with Gasteiger partial charge in [-0.2, -0.15) is 0 Å². The summed E-state index contributed by atoms with van der Waals surface area (Å²) >= 11 is 0. The molecule has 1 aliphatic rings. The number of nitrogens with zero attached hydrogens (tertiary/aromatic N) is 1. The molecule has 2 atom stereocenters. The van der Waals surface area contributed by atoms with Crippen LogP contribution in [0.1, 0.15) is 31.7 Å². The number of amides is 1. The highest BCUT2D eigenvalue weighted by molar-refractivity contribution is 6.04. The first-order valence-corrected chi connectivity index (χ1v) is 6.95. The number of hydrogen-bond donors (Lipinski definition) is 2. The monoisotopic (exact) mass is 276 g/mol. The van der Waals surface area contributed by atoms with Gasteiger partial charge < -0.3 is 10.8 Å². The average Bonchev–Trinajstić information content (AvgIpc) is 2.83. The summed E-state index contributed by atoms with van der Waals surface area (Å²) in [5, 5.41) is 9.33. The van der Waals surface area contributed by atoms with Gasteiger partial charge in [-0.05, 0) is 18.1 Å². The van der Waals surface area contributed by atoms with Gasteiger partial charge in [-0.15, -0.1) is 0 Å². The van der Waals surface area contributed by atoms with E-state index in [1.807, 2.05) is 19.1 Å². The van der Waals surface area contributed by atoms with E-state index < -0.39 is 18.1 Å². The lowest BCUT2D eigenvalue weighted by atomic mass is 10.1. The van der Waals surface area contributed by atoms with Crippen LogP contribution in [0.4, 0.5) is 5.69 Å². The zero-order valence-corrected chi connectivity index (χ0v) is 11.6. The summed E-state index contributed by atoms with van der Waals surface area (Å²) in [4.78, 5) is 25.2. The first-order valence-electron chi connectivity index (χ1n) is 6.95. The molecule has 1 aromatic rings. The summed E-state index contributed by atoms with van der Waals surface area (Å²) in [6.45, 7) is 2.03. The lowest BCUT2D eigenvalue weighted by Crippen LogP contribution is -2.50. The van der Waals surface area contributed by atoms with Crippen LogP contribution in [-0.4, -0.2) is 29.1 Å². The van der Waals surface area contributed by atoms with E-state index in [2.05, 4.69) is 0 Å². The lowest BCUT2D eigenvalue weighted by Gasteiger charge is -2.25. The number of carbonyl (C=O) groups is 2. The van der Waals surface area contributed by atoms with E-state index in [1.54, 1.807) is 12.1 Å². The molecule has 1 aromatic carbocycles. The molecule has 1 unspecified atom stereocenters. The fraction of sp³-hybridized carbons (Fsp3) is 0.467. The summed E-state index contributed by atoms with van der Waals surface area (Å²) in [7, 11) is 0. The fourth-order valence-electron chi connectivity index (χ4n) is 2.58. The Balaban J connectivity index is 2.26. The predicted molar refractivity (Wildman–Crippen MR) is 76.6 cm³/mol. The number of carboxylic acids is 1. The number of aliphatic carboxylic acids is 1. The third kappa shape index (κ3) is 2.67. The number of hydrogen-bond acceptors (Lipinski definition) is 3. The molecule has 0 aromatic heterocycles. The number of nitrogens with two attached hydrogens (primary N) is 1. The second kappa shape index (κ2) is 6.05. The zero-order valence-electron chi connectivity index (χ0n) is 11.6. The first kappa shape index (κ1) is 14.5. The van der Waals surface area contributed by atoms with Crippen molar-refractivity contribution in [3.8, 4) is 0 Å². The van der Waals surface area contributed by atoms with Crippen LogP contribution in [0.15, 0.2) is 24.3 Å². The van der Waals surface area contributed by atoms with Crippen LogP contribution >= 0.6 is 0 Å². The first-order chi connectivity index (χ1) is 9.56. The van der Waals surface area contributed by atoms with Crippen LogP contribution < -0.4 is 10.6 Å². The lowest BCUT2D eigenvalue weighted by molar-refractivity contribution is -0.140. The number of para-hydroxylation sites is 1. The molecule has 1 aliphatic heterocycles. The van der Waals surface area contributed by atoms with E-state index in [4.69, 9.17) is 5.73 Å². The molecule has 108 valence electrons. The van der Waals surface area contributed by atoms with Gasteiger partial charge in [0.1, 0.15) is 6.04 Å². The summed E-state index contributed by atoms with van der Waals surface area (Å²) in [6.07, 6.45) is 2.75. The van der Waals surface area contributed by atoms with Crippen molar-refractivity contribution in [2.45, 2.75) is 44.7 Å². The molecule has 0 aliphatic carbocycles. The van der Waals surface area contributed by atoms with Gasteiger partial charge in [0.05, 0.1) is 6.04 Å². The van der Waals surface area contributed by atoms with Gasteiger partial charge in [0.25, 0.3) is 0 Å². The number of fused-ring (bicyclic) bond motifs is 1. The topological polar surface area (TPSA) is 83.6 Å². The maximum Gasteiger partial charge on any atom is 0.327 e. The number of carbonyl (C=O) groups excluding carboxylic acids is 1. The summed E-state index contributed by atoms with van der Waals surface area (Å²) in [5.41, 5.74) is 7.48. The molecule has 0 radical (unpaired) electrons. The molecule has 20 heavy (non-hydrogen) atoms. The third-order valence-corrected chi connectivity index (χ3v) is 3.68. The standard InChI is InChI=1S/C15H20N2O3/c1-2-3-7-11(16)14(18)17-12-8-5-4-6-10(12)9-13(17)15(19)20/h4-6,8,11,13H,2-3,7,9,16H2,1H3,(H,19,20)/t11-,13?/m0/s1. The Kier molecular flexibility index (Phi) is 4.39. The smallest absolute Gasteiger partial charge is 0.327 e. The SMILES string of the molecule is CCCC[C@H](N)C(=O)N1c2ccccc2CC1C(=O)O. The molecular formula is C15H20N2O3. The van der Waals surface area contributed by atoms with E-state index >= 15 is 0 Å². The molecule has 0 fully saturated rings. The highest BCUT2D eigenvalue weighted by atomic mass is 16.4. The van der Waals surface area contributed by atoms with Crippen molar-refractivity contribution in [2.75, 3.05) is 4.90 Å². The predicted octanol–water partition coefficient (Wildman–Crippen LogP) is 1.55. The van der Waals surface area contributed by atoms with Gasteiger partial charge in [0.2, 0.25) is 5.91 Å². The average molecular weight is 276 g/mol. The van der Waals surface area contributed by atoms with Crippen molar-refractivity contribution in [3.63, 3.8) is 0 Å². The largest absolute Gasteiger partial charge is 0.480 e. The van der Waals surface area contributed by atoms with Crippen LogP contribution in [0.3, 0.4) is 0 Å². The second-order valence-corrected chi connectivity index (χ2v) is 5.14. The van der Waals surface area contributed by atoms with Crippen molar-refractivity contribution < 1.29 is 14.7 Å². The molecule has 0 spiro atoms. The molecule has 1 heterocycles. The van der Waals surface area contributed by atoms with Crippen LogP contribution in [0, 0.1) is 0 Å². The molecule has 3 N–H and O–H groups in total. The molecule has 1 amide bonds. The molecule has 2 rings (SSSR count). The Morgan fingerprint density at radius 3 is 2.80 bits per heavy atom. The number of benzene rings is 1. The number of unbranched alkanes of at least 4 members (excludes halogenated alkanes) is 1. The summed E-state index contributed by atoms with van der Waals surface area (Å²) in [5.74, 6) is -1.28. The van der Waals surface area contributed by atoms with Crippen molar-refractivity contribution in [3.05, 3.63) is 29.8 Å². The van der Waals surface area contributed by atoms with E-state index in [0.29, 0.717) is 18.5 Å². The Hall–Kier alpha value is -1.88. The Bertz CT molecular complexity index is 516. The number of rotatable bonds is 5. The van der Waals surface area contributed by atoms with Gasteiger partial charge in [0.15, 0.2) is 0 Å². The van der Waals surface area contributed by atoms with Crippen molar-refractivity contribution in [1.82, 2.24) is 0 Å². The van der Waals surface area contributed by atoms with Gasteiger partial charge >= 0.3 is 5.97 Å². The van der Waals surface area contributed by atoms with E-state index in [9.17, 15) is 14.7 Å². The molecule has 0 saturated heterocycles. The van der Waals surface area contributed by atoms with Crippen LogP contribution in [-0.2, 0) is 16.0 Å². The van der Waals surface area contributed by atoms with Gasteiger partial charge in [-0.1, -0.05) is 38.0 Å². The number of anilines is 1. The Labute approximate surface area is 118 Å². The highest BCUT2D eigenvalue weighted by Gasteiger charge is 2.39. The molecule has 5 heteroatoms. The molecule has 0 saturated carbocycles. The van der Waals surface area contributed by atoms with Gasteiger partial charge in [-0.3, -0.25) is 9.69 Å². The Morgan fingerprint density at radius 2 is 2.15 bits per heavy atom. The van der Waals surface area contributed by atoms with E-state index in [-0.39, 0.29) is 5.91 Å². The highest BCUT2D eigenvalue weighted by Crippen LogP contribution is 2.32. The van der Waals surface area contributed by atoms with Crippen LogP contribution in [0.5, 0.6) is 0 Å². The minimum atomic E-state index is -0.989. The second-order valence-electron chi connectivity index (χ2n) is 5.14. The van der Waals surface area contributed by atoms with Crippen molar-refractivity contribution in [1.29, 1.82) is 0 Å². The van der Waals surface area contributed by atoms with E-state index in [0.717, 1.165) is 18.4 Å². The molecule has 0 bridgehead atoms. The molecule has 5 nitrogen and oxygen atoms in total. The van der Waals surface area contributed by atoms with Gasteiger partial charge in [0, 0.05) is 12.1 Å². The maximum atomic E-state index is 12.5. The van der Waals surface area contributed by atoms with Gasteiger partial charge in [-0.25, -0.2) is 4.79 Å². The fourth-order valence-corrected chi connectivity index (χ4v) is 2.58. The van der Waals surface area contributed by atoms with Crippen molar-refractivity contribution in [2.24, 2.45) is 5.73 Å². The minimum absolute atomic E-state index is 0.296. The van der Waals surface area contributed by atoms with E-state index in [1.165, 1.54) is 4.90 Å². The normalized spacial score (nSPS) is 18.7. The zero-order chi connectivity index (χ0) is 14.7. The Morgan fingerprint density at radius 1 is 1.45 bits per heavy atom.